The lowest BCUT2D eigenvalue weighted by atomic mass is 9.84. The highest BCUT2D eigenvalue weighted by Crippen LogP contribution is 2.34. The minimum Gasteiger partial charge on any atom is -0.312 e. The molecule has 0 saturated heterocycles. The van der Waals surface area contributed by atoms with Crippen molar-refractivity contribution >= 4 is 15.9 Å². The number of nitrogens with zero attached hydrogens (tertiary/aromatic N) is 2. The van der Waals surface area contributed by atoms with Crippen LogP contribution in [0, 0.1) is 5.92 Å². The molecule has 4 heteroatoms. The highest BCUT2D eigenvalue weighted by Gasteiger charge is 2.23. The number of hydrogen-bond donors (Lipinski definition) is 1. The first-order valence-electron chi connectivity index (χ1n) is 7.14. The molecule has 102 valence electrons. The molecule has 0 spiro atoms. The lowest BCUT2D eigenvalue weighted by Gasteiger charge is -2.27. The molecule has 1 heterocycles. The fourth-order valence-corrected chi connectivity index (χ4v) is 3.67. The molecule has 0 amide bonds. The molecule has 0 aliphatic heterocycles. The van der Waals surface area contributed by atoms with E-state index in [1.165, 1.54) is 44.2 Å². The van der Waals surface area contributed by atoms with Crippen molar-refractivity contribution in [3.63, 3.8) is 0 Å². The first kappa shape index (κ1) is 14.1. The van der Waals surface area contributed by atoms with E-state index in [1.54, 1.807) is 0 Å². The van der Waals surface area contributed by atoms with Crippen LogP contribution >= 0.6 is 15.9 Å². The van der Waals surface area contributed by atoms with Crippen molar-refractivity contribution in [1.29, 1.82) is 0 Å². The maximum Gasteiger partial charge on any atom is 0.0695 e. The first-order chi connectivity index (χ1) is 8.76. The van der Waals surface area contributed by atoms with Gasteiger partial charge in [-0.25, -0.2) is 0 Å². The Labute approximate surface area is 118 Å². The lowest BCUT2D eigenvalue weighted by Crippen LogP contribution is -2.24. The van der Waals surface area contributed by atoms with Crippen molar-refractivity contribution in [3.8, 4) is 0 Å². The second-order valence-electron chi connectivity index (χ2n) is 5.27. The molecule has 1 N–H and O–H groups in total. The summed E-state index contributed by atoms with van der Waals surface area (Å²) < 4.78 is 3.24. The van der Waals surface area contributed by atoms with Crippen LogP contribution in [0.15, 0.2) is 10.7 Å². The molecule has 1 aromatic rings. The normalized spacial score (nSPS) is 19.1. The van der Waals surface area contributed by atoms with Crippen LogP contribution in [0.2, 0.25) is 0 Å². The summed E-state index contributed by atoms with van der Waals surface area (Å²) in [6, 6.07) is 0.421. The van der Waals surface area contributed by atoms with Crippen molar-refractivity contribution in [2.45, 2.75) is 58.0 Å². The molecule has 1 aliphatic carbocycles. The minimum atomic E-state index is 0.421. The van der Waals surface area contributed by atoms with E-state index in [0.29, 0.717) is 6.04 Å². The van der Waals surface area contributed by atoms with E-state index in [4.69, 9.17) is 0 Å². The quantitative estimate of drug-likeness (QED) is 0.893. The average Bonchev–Trinajstić information content (AvgIpc) is 2.78. The SMILES string of the molecule is CCn1ncc(Br)c1C(CC1CCCCC1)NC. The molecule has 3 nitrogen and oxygen atoms in total. The van der Waals surface area contributed by atoms with Crippen LogP contribution in [-0.2, 0) is 6.54 Å². The largest absolute Gasteiger partial charge is 0.312 e. The Morgan fingerprint density at radius 2 is 2.17 bits per heavy atom. The Kier molecular flexibility index (Phi) is 5.25. The molecule has 2 rings (SSSR count). The summed E-state index contributed by atoms with van der Waals surface area (Å²) in [6.07, 6.45) is 10.2. The number of halogens is 1. The second kappa shape index (κ2) is 6.71. The first-order valence-corrected chi connectivity index (χ1v) is 7.94. The van der Waals surface area contributed by atoms with E-state index in [-0.39, 0.29) is 0 Å². The summed E-state index contributed by atoms with van der Waals surface area (Å²) in [5.41, 5.74) is 1.31. The van der Waals surface area contributed by atoms with Crippen LogP contribution in [-0.4, -0.2) is 16.8 Å². The Morgan fingerprint density at radius 3 is 2.78 bits per heavy atom. The lowest BCUT2D eigenvalue weighted by molar-refractivity contribution is 0.299. The fraction of sp³-hybridized carbons (Fsp3) is 0.786. The summed E-state index contributed by atoms with van der Waals surface area (Å²) in [6.45, 7) is 3.08. The minimum absolute atomic E-state index is 0.421. The molecular formula is C14H24BrN3. The third-order valence-corrected chi connectivity index (χ3v) is 4.72. The van der Waals surface area contributed by atoms with E-state index in [0.717, 1.165) is 16.9 Å². The Balaban J connectivity index is 2.09. The Bertz CT molecular complexity index is 369. The zero-order chi connectivity index (χ0) is 13.0. The van der Waals surface area contributed by atoms with Crippen LogP contribution in [0.1, 0.15) is 57.2 Å². The number of aromatic nitrogens is 2. The van der Waals surface area contributed by atoms with Crippen LogP contribution in [0.4, 0.5) is 0 Å². The van der Waals surface area contributed by atoms with Crippen molar-refractivity contribution in [3.05, 3.63) is 16.4 Å². The van der Waals surface area contributed by atoms with Crippen LogP contribution < -0.4 is 5.32 Å². The maximum absolute atomic E-state index is 4.43. The van der Waals surface area contributed by atoms with Gasteiger partial charge in [0, 0.05) is 6.54 Å². The summed E-state index contributed by atoms with van der Waals surface area (Å²) in [5.74, 6) is 0.878. The molecular weight excluding hydrogens is 290 g/mol. The van der Waals surface area contributed by atoms with Gasteiger partial charge in [-0.2, -0.15) is 5.10 Å². The molecule has 1 aliphatic rings. The Hall–Kier alpha value is -0.350. The van der Waals surface area contributed by atoms with Gasteiger partial charge in [-0.15, -0.1) is 0 Å². The summed E-state index contributed by atoms with van der Waals surface area (Å²) in [4.78, 5) is 0. The van der Waals surface area contributed by atoms with E-state index in [9.17, 15) is 0 Å². The zero-order valence-electron chi connectivity index (χ0n) is 11.5. The Morgan fingerprint density at radius 1 is 1.44 bits per heavy atom. The average molecular weight is 314 g/mol. The molecule has 18 heavy (non-hydrogen) atoms. The van der Waals surface area contributed by atoms with Crippen LogP contribution in [0.3, 0.4) is 0 Å². The van der Waals surface area contributed by atoms with Gasteiger partial charge in [0.15, 0.2) is 0 Å². The van der Waals surface area contributed by atoms with Gasteiger partial charge in [0.25, 0.3) is 0 Å². The molecule has 1 saturated carbocycles. The molecule has 0 bridgehead atoms. The number of aryl methyl sites for hydroxylation is 1. The van der Waals surface area contributed by atoms with E-state index >= 15 is 0 Å². The fourth-order valence-electron chi connectivity index (χ4n) is 3.09. The smallest absolute Gasteiger partial charge is 0.0695 e. The van der Waals surface area contributed by atoms with E-state index in [2.05, 4.69) is 45.0 Å². The molecule has 1 atom stereocenters. The van der Waals surface area contributed by atoms with Crippen LogP contribution in [0.25, 0.3) is 0 Å². The zero-order valence-corrected chi connectivity index (χ0v) is 13.0. The van der Waals surface area contributed by atoms with E-state index < -0.39 is 0 Å². The van der Waals surface area contributed by atoms with Gasteiger partial charge in [0.1, 0.15) is 0 Å². The number of rotatable bonds is 5. The van der Waals surface area contributed by atoms with Gasteiger partial charge in [-0.3, -0.25) is 4.68 Å². The van der Waals surface area contributed by atoms with Crippen molar-refractivity contribution < 1.29 is 0 Å². The summed E-state index contributed by atoms with van der Waals surface area (Å²) >= 11 is 3.64. The molecule has 1 fully saturated rings. The number of hydrogen-bond acceptors (Lipinski definition) is 2. The van der Waals surface area contributed by atoms with Crippen molar-refractivity contribution in [1.82, 2.24) is 15.1 Å². The van der Waals surface area contributed by atoms with Gasteiger partial charge in [0.05, 0.1) is 22.4 Å². The molecule has 0 aromatic carbocycles. The van der Waals surface area contributed by atoms with Gasteiger partial charge in [0.2, 0.25) is 0 Å². The maximum atomic E-state index is 4.43. The highest BCUT2D eigenvalue weighted by atomic mass is 79.9. The van der Waals surface area contributed by atoms with Crippen LogP contribution in [0.5, 0.6) is 0 Å². The predicted molar refractivity (Wildman–Crippen MR) is 78.6 cm³/mol. The topological polar surface area (TPSA) is 29.9 Å². The van der Waals surface area contributed by atoms with Gasteiger partial charge < -0.3 is 5.32 Å². The van der Waals surface area contributed by atoms with E-state index in [1.807, 2.05) is 6.20 Å². The molecule has 1 aromatic heterocycles. The van der Waals surface area contributed by atoms with Gasteiger partial charge in [-0.1, -0.05) is 32.1 Å². The standard InChI is InChI=1S/C14H24BrN3/c1-3-18-14(12(15)10-17-18)13(16-2)9-11-7-5-4-6-8-11/h10-11,13,16H,3-9H2,1-2H3. The predicted octanol–water partition coefficient (Wildman–Crippen LogP) is 3.90. The molecule has 0 radical (unpaired) electrons. The van der Waals surface area contributed by atoms with Gasteiger partial charge in [-0.05, 0) is 42.2 Å². The van der Waals surface area contributed by atoms with Crippen molar-refractivity contribution in [2.75, 3.05) is 7.05 Å². The number of nitrogens with one attached hydrogen (secondary N) is 1. The second-order valence-corrected chi connectivity index (χ2v) is 6.13. The third kappa shape index (κ3) is 3.15. The van der Waals surface area contributed by atoms with Crippen molar-refractivity contribution in [2.24, 2.45) is 5.92 Å². The summed E-state index contributed by atoms with van der Waals surface area (Å²) in [5, 5.41) is 7.90. The monoisotopic (exact) mass is 313 g/mol. The highest BCUT2D eigenvalue weighted by molar-refractivity contribution is 9.10. The summed E-state index contributed by atoms with van der Waals surface area (Å²) in [7, 11) is 2.06. The molecule has 1 unspecified atom stereocenters. The van der Waals surface area contributed by atoms with Gasteiger partial charge >= 0.3 is 0 Å². The third-order valence-electron chi connectivity index (χ3n) is 4.11.